The van der Waals surface area contributed by atoms with Crippen LogP contribution in [0.5, 0.6) is 11.5 Å². The molecule has 2 saturated carbocycles. The van der Waals surface area contributed by atoms with Gasteiger partial charge in [0.1, 0.15) is 6.10 Å². The highest BCUT2D eigenvalue weighted by molar-refractivity contribution is 7.19. The van der Waals surface area contributed by atoms with Gasteiger partial charge in [-0.1, -0.05) is 24.3 Å². The number of carbonyl (C=O) groups excluding carboxylic acids is 1. The number of piperidine rings is 1. The molecule has 2 bridgehead atoms. The van der Waals surface area contributed by atoms with Gasteiger partial charge in [0.15, 0.2) is 11.5 Å². The number of halogens is 1. The fourth-order valence-electron chi connectivity index (χ4n) is 8.73. The molecule has 5 aliphatic rings. The number of amides is 1. The van der Waals surface area contributed by atoms with E-state index in [-0.39, 0.29) is 36.1 Å². The van der Waals surface area contributed by atoms with Crippen molar-refractivity contribution in [2.75, 3.05) is 18.0 Å². The number of benzene rings is 2. The van der Waals surface area contributed by atoms with Gasteiger partial charge in [0.05, 0.1) is 22.7 Å². The number of aromatic hydroxyl groups is 1. The van der Waals surface area contributed by atoms with Gasteiger partial charge in [0.2, 0.25) is 5.91 Å². The van der Waals surface area contributed by atoms with Gasteiger partial charge < -0.3 is 19.8 Å². The average molecular weight is 567 g/mol. The van der Waals surface area contributed by atoms with E-state index < -0.39 is 17.1 Å². The molecule has 39 heavy (non-hydrogen) atoms. The summed E-state index contributed by atoms with van der Waals surface area (Å²) in [5.41, 5.74) is 1.56. The fraction of sp³-hybridized carbons (Fsp3) is 0.516. The van der Waals surface area contributed by atoms with Crippen molar-refractivity contribution >= 4 is 45.4 Å². The van der Waals surface area contributed by atoms with Crippen molar-refractivity contribution < 1.29 is 19.7 Å². The molecule has 3 aromatic rings. The summed E-state index contributed by atoms with van der Waals surface area (Å²) in [6, 6.07) is 11.9. The van der Waals surface area contributed by atoms with E-state index in [1.54, 1.807) is 24.3 Å². The Bertz CT molecular complexity index is 1500. The van der Waals surface area contributed by atoms with Gasteiger partial charge >= 0.3 is 0 Å². The maximum atomic E-state index is 13.5. The van der Waals surface area contributed by atoms with Crippen molar-refractivity contribution in [2.24, 2.45) is 5.92 Å². The van der Waals surface area contributed by atoms with Crippen LogP contribution in [0.3, 0.4) is 0 Å². The number of aryl methyl sites for hydroxylation is 1. The Morgan fingerprint density at radius 3 is 2.74 bits per heavy atom. The van der Waals surface area contributed by atoms with Crippen molar-refractivity contribution in [3.8, 4) is 11.5 Å². The Morgan fingerprint density at radius 2 is 1.97 bits per heavy atom. The molecule has 0 radical (unpaired) electrons. The van der Waals surface area contributed by atoms with Crippen LogP contribution < -0.4 is 9.64 Å². The van der Waals surface area contributed by atoms with Crippen molar-refractivity contribution in [1.29, 1.82) is 0 Å². The van der Waals surface area contributed by atoms with E-state index in [2.05, 4.69) is 24.0 Å². The summed E-state index contributed by atoms with van der Waals surface area (Å²) >= 11 is 1.71. The molecule has 1 amide bonds. The lowest BCUT2D eigenvalue weighted by atomic mass is 9.48. The summed E-state index contributed by atoms with van der Waals surface area (Å²) in [6.07, 6.45) is 4.97. The Balaban J connectivity index is 0.00000253. The van der Waals surface area contributed by atoms with Crippen LogP contribution in [0.2, 0.25) is 0 Å². The molecule has 2 aliphatic heterocycles. The monoisotopic (exact) mass is 566 g/mol. The number of ether oxygens (including phenoxy) is 1. The molecule has 206 valence electrons. The van der Waals surface area contributed by atoms with Gasteiger partial charge in [0, 0.05) is 40.0 Å². The number of likely N-dealkylation sites (tertiary alicyclic amines) is 1. The molecule has 2 aromatic carbocycles. The third kappa shape index (κ3) is 3.25. The average Bonchev–Trinajstić information content (AvgIpc) is 3.54. The number of carbonyl (C=O) groups is 1. The maximum Gasteiger partial charge on any atom is 0.224 e. The van der Waals surface area contributed by atoms with Crippen LogP contribution in [-0.4, -0.2) is 57.9 Å². The van der Waals surface area contributed by atoms with Crippen molar-refractivity contribution in [2.45, 2.75) is 81.6 Å². The van der Waals surface area contributed by atoms with Crippen LogP contribution in [0.4, 0.5) is 5.69 Å². The van der Waals surface area contributed by atoms with Crippen molar-refractivity contribution in [3.63, 3.8) is 0 Å². The van der Waals surface area contributed by atoms with Crippen LogP contribution in [0.15, 0.2) is 36.4 Å². The molecule has 3 fully saturated rings. The smallest absolute Gasteiger partial charge is 0.224 e. The SMILES string of the molecule is CC(=O)N(c1c(C)sc2ccccc12)[C@H]1CC[C@@]2(O)[C@H]3Cc4ccc(O)c5c4[C@@]2(CCN3CC2CC2)[C@H]1O5.Cl. The quantitative estimate of drug-likeness (QED) is 0.447. The van der Waals surface area contributed by atoms with Crippen LogP contribution in [-0.2, 0) is 16.6 Å². The molecule has 1 spiro atoms. The largest absolute Gasteiger partial charge is 0.504 e. The number of thiophene rings is 1. The molecule has 8 rings (SSSR count). The van der Waals surface area contributed by atoms with Crippen LogP contribution in [0, 0.1) is 12.8 Å². The first kappa shape index (κ1) is 25.6. The molecule has 5 atom stereocenters. The number of phenols is 1. The zero-order valence-corrected chi connectivity index (χ0v) is 24.0. The number of hydrogen-bond donors (Lipinski definition) is 2. The van der Waals surface area contributed by atoms with Gasteiger partial charge in [-0.05, 0) is 75.6 Å². The summed E-state index contributed by atoms with van der Waals surface area (Å²) in [5, 5.41) is 24.9. The number of hydrogen-bond acceptors (Lipinski definition) is 6. The predicted molar refractivity (Wildman–Crippen MR) is 156 cm³/mol. The second-order valence-corrected chi connectivity index (χ2v) is 13.5. The third-order valence-electron chi connectivity index (χ3n) is 10.4. The zero-order chi connectivity index (χ0) is 26.0. The third-order valence-corrected chi connectivity index (χ3v) is 11.5. The summed E-state index contributed by atoms with van der Waals surface area (Å²) in [4.78, 5) is 19.1. The van der Waals surface area contributed by atoms with Gasteiger partial charge in [0.25, 0.3) is 0 Å². The predicted octanol–water partition coefficient (Wildman–Crippen LogP) is 5.32. The Labute approximate surface area is 239 Å². The Morgan fingerprint density at radius 1 is 1.18 bits per heavy atom. The second kappa shape index (κ2) is 8.59. The summed E-state index contributed by atoms with van der Waals surface area (Å²) < 4.78 is 7.94. The van der Waals surface area contributed by atoms with E-state index in [1.165, 1.54) is 23.1 Å². The molecule has 3 heterocycles. The van der Waals surface area contributed by atoms with E-state index in [0.717, 1.165) is 53.4 Å². The van der Waals surface area contributed by atoms with Gasteiger partial charge in [-0.2, -0.15) is 0 Å². The van der Waals surface area contributed by atoms with E-state index in [0.29, 0.717) is 18.6 Å². The van der Waals surface area contributed by atoms with Gasteiger partial charge in [-0.3, -0.25) is 9.69 Å². The normalized spacial score (nSPS) is 32.3. The number of phenolic OH excluding ortho intramolecular Hbond substituents is 1. The van der Waals surface area contributed by atoms with Gasteiger partial charge in [-0.15, -0.1) is 23.7 Å². The van der Waals surface area contributed by atoms with Crippen LogP contribution >= 0.6 is 23.7 Å². The van der Waals surface area contributed by atoms with Crippen molar-refractivity contribution in [1.82, 2.24) is 4.90 Å². The van der Waals surface area contributed by atoms with Crippen molar-refractivity contribution in [3.05, 3.63) is 52.4 Å². The van der Waals surface area contributed by atoms with Crippen LogP contribution in [0.1, 0.15) is 55.0 Å². The minimum atomic E-state index is -0.957. The molecule has 1 aromatic heterocycles. The second-order valence-electron chi connectivity index (χ2n) is 12.3. The van der Waals surface area contributed by atoms with E-state index >= 15 is 0 Å². The number of aliphatic hydroxyl groups is 1. The van der Waals surface area contributed by atoms with E-state index in [4.69, 9.17) is 4.74 Å². The zero-order valence-electron chi connectivity index (χ0n) is 22.4. The van der Waals surface area contributed by atoms with Gasteiger partial charge in [-0.25, -0.2) is 0 Å². The number of rotatable bonds is 4. The lowest BCUT2D eigenvalue weighted by Crippen LogP contribution is -2.78. The first-order valence-corrected chi connectivity index (χ1v) is 14.9. The lowest BCUT2D eigenvalue weighted by molar-refractivity contribution is -0.190. The molecule has 2 N–H and O–H groups in total. The highest BCUT2D eigenvalue weighted by atomic mass is 35.5. The van der Waals surface area contributed by atoms with Crippen LogP contribution in [0.25, 0.3) is 10.1 Å². The molecule has 8 heteroatoms. The summed E-state index contributed by atoms with van der Waals surface area (Å²) in [7, 11) is 0. The van der Waals surface area contributed by atoms with E-state index in [1.807, 2.05) is 23.1 Å². The Hall–Kier alpha value is -2.32. The highest BCUT2D eigenvalue weighted by Gasteiger charge is 2.73. The minimum absolute atomic E-state index is 0. The molecule has 6 nitrogen and oxygen atoms in total. The fourth-order valence-corrected chi connectivity index (χ4v) is 9.79. The molecular formula is C31H35ClN2O4S. The first-order chi connectivity index (χ1) is 18.3. The Kier molecular flexibility index (Phi) is 5.65. The summed E-state index contributed by atoms with van der Waals surface area (Å²) in [6.45, 7) is 5.70. The molecular weight excluding hydrogens is 532 g/mol. The minimum Gasteiger partial charge on any atom is -0.504 e. The highest BCUT2D eigenvalue weighted by Crippen LogP contribution is 2.66. The molecule has 3 aliphatic carbocycles. The molecule has 0 unspecified atom stereocenters. The van der Waals surface area contributed by atoms with E-state index in [9.17, 15) is 15.0 Å². The topological polar surface area (TPSA) is 73.2 Å². The number of anilines is 1. The lowest BCUT2D eigenvalue weighted by Gasteiger charge is -2.64. The maximum absolute atomic E-state index is 13.5. The summed E-state index contributed by atoms with van der Waals surface area (Å²) in [5.74, 6) is 1.41. The standard InChI is InChI=1S/C31H34N2O4S.ClH/c1-17-27(21-5-3-4-6-24(21)38-17)33(18(2)34)22-11-12-31(36)25-15-20-9-10-23(35)28-26(20)30(31,29(22)37-28)13-14-32(25)16-19-7-8-19;/h3-6,9-10,19,22,25,29,35-36H,7-8,11-16H2,1-2H3;1H/t22-,25+,29-,30-,31+;/m0./s1. The molecule has 1 saturated heterocycles. The number of fused-ring (bicyclic) bond motifs is 1. The number of nitrogens with zero attached hydrogens (tertiary/aromatic N) is 2. The first-order valence-electron chi connectivity index (χ1n) is 14.1.